The number of fused-ring (bicyclic) bond motifs is 2. The molecule has 2 atom stereocenters. The molecule has 2 unspecified atom stereocenters. The molecule has 0 aliphatic carbocycles. The van der Waals surface area contributed by atoms with Crippen molar-refractivity contribution in [3.8, 4) is 0 Å². The highest BCUT2D eigenvalue weighted by Crippen LogP contribution is 2.35. The minimum atomic E-state index is -4.39. The van der Waals surface area contributed by atoms with Crippen molar-refractivity contribution >= 4 is 5.91 Å². The van der Waals surface area contributed by atoms with Crippen molar-refractivity contribution in [3.63, 3.8) is 0 Å². The van der Waals surface area contributed by atoms with Crippen LogP contribution in [-0.4, -0.2) is 48.3 Å². The number of rotatable bonds is 3. The molecule has 0 spiro atoms. The van der Waals surface area contributed by atoms with E-state index >= 15 is 0 Å². The summed E-state index contributed by atoms with van der Waals surface area (Å²) < 4.78 is 40.1. The summed E-state index contributed by atoms with van der Waals surface area (Å²) in [4.78, 5) is 13.5. The number of halogens is 3. The Kier molecular flexibility index (Phi) is 3.82. The molecule has 0 saturated carbocycles. The van der Waals surface area contributed by atoms with Crippen LogP contribution in [0.25, 0.3) is 0 Å². The number of carbonyl (C=O) groups is 1. The van der Waals surface area contributed by atoms with Crippen LogP contribution in [0.3, 0.4) is 0 Å². The second-order valence-electron chi connectivity index (χ2n) is 5.03. The van der Waals surface area contributed by atoms with E-state index in [1.165, 1.54) is 0 Å². The summed E-state index contributed by atoms with van der Waals surface area (Å²) in [5, 5.41) is 0. The molecule has 2 bridgehead atoms. The first-order chi connectivity index (χ1) is 8.37. The maximum absolute atomic E-state index is 11.9. The van der Waals surface area contributed by atoms with E-state index < -0.39 is 19.4 Å². The lowest BCUT2D eigenvalue weighted by atomic mass is 9.98. The second-order valence-corrected chi connectivity index (χ2v) is 5.03. The van der Waals surface area contributed by atoms with Crippen LogP contribution in [-0.2, 0) is 9.53 Å². The van der Waals surface area contributed by atoms with Gasteiger partial charge in [-0.15, -0.1) is 0 Å². The zero-order valence-electron chi connectivity index (χ0n) is 9.95. The fraction of sp³-hybridized carbons (Fsp3) is 0.909. The summed E-state index contributed by atoms with van der Waals surface area (Å²) in [6, 6.07) is 0.268. The maximum atomic E-state index is 11.9. The minimum Gasteiger partial charge on any atom is -0.362 e. The van der Waals surface area contributed by atoms with E-state index in [-0.39, 0.29) is 24.0 Å². The van der Waals surface area contributed by atoms with Gasteiger partial charge < -0.3 is 15.4 Å². The average molecular weight is 266 g/mol. The number of carbonyl (C=O) groups excluding carboxylic acids is 1. The summed E-state index contributed by atoms with van der Waals surface area (Å²) in [5.74, 6) is -0.348. The molecule has 0 aromatic rings. The molecule has 2 aliphatic rings. The number of nitrogens with zero attached hydrogens (tertiary/aromatic N) is 1. The molecule has 2 aliphatic heterocycles. The van der Waals surface area contributed by atoms with Crippen molar-refractivity contribution in [2.45, 2.75) is 50.0 Å². The highest BCUT2D eigenvalue weighted by Gasteiger charge is 2.42. The van der Waals surface area contributed by atoms with Gasteiger partial charge in [-0.3, -0.25) is 4.79 Å². The number of amides is 1. The van der Waals surface area contributed by atoms with Crippen LogP contribution < -0.4 is 5.73 Å². The Morgan fingerprint density at radius 3 is 2.33 bits per heavy atom. The lowest BCUT2D eigenvalue weighted by Crippen LogP contribution is -2.51. The third-order valence-corrected chi connectivity index (χ3v) is 3.55. The molecule has 18 heavy (non-hydrogen) atoms. The SMILES string of the molecule is NC1CC2CCC(C1)N2C(=O)COCC(F)(F)F. The van der Waals surface area contributed by atoms with Gasteiger partial charge >= 0.3 is 6.18 Å². The van der Waals surface area contributed by atoms with E-state index in [2.05, 4.69) is 4.74 Å². The molecule has 1 amide bonds. The Bertz CT molecular complexity index is 308. The van der Waals surface area contributed by atoms with Crippen LogP contribution in [0.15, 0.2) is 0 Å². The minimum absolute atomic E-state index is 0.0840. The molecule has 7 heteroatoms. The first-order valence-corrected chi connectivity index (χ1v) is 6.08. The summed E-state index contributed by atoms with van der Waals surface area (Å²) >= 11 is 0. The quantitative estimate of drug-likeness (QED) is 0.830. The molecule has 2 rings (SSSR count). The van der Waals surface area contributed by atoms with Crippen LogP contribution >= 0.6 is 0 Å². The molecule has 2 heterocycles. The van der Waals surface area contributed by atoms with E-state index in [4.69, 9.17) is 5.73 Å². The van der Waals surface area contributed by atoms with E-state index in [1.807, 2.05) is 0 Å². The molecule has 104 valence electrons. The van der Waals surface area contributed by atoms with Crippen molar-refractivity contribution in [1.82, 2.24) is 4.90 Å². The van der Waals surface area contributed by atoms with Crippen LogP contribution in [0, 0.1) is 0 Å². The Balaban J connectivity index is 1.83. The first-order valence-electron chi connectivity index (χ1n) is 6.08. The zero-order valence-corrected chi connectivity index (χ0v) is 9.95. The summed E-state index contributed by atoms with van der Waals surface area (Å²) in [7, 11) is 0. The van der Waals surface area contributed by atoms with Gasteiger partial charge in [0.25, 0.3) is 0 Å². The van der Waals surface area contributed by atoms with Gasteiger partial charge in [-0.1, -0.05) is 0 Å². The molecule has 0 aromatic carbocycles. The van der Waals surface area contributed by atoms with Gasteiger partial charge in [0.05, 0.1) is 0 Å². The third kappa shape index (κ3) is 3.14. The smallest absolute Gasteiger partial charge is 0.362 e. The van der Waals surface area contributed by atoms with Crippen molar-refractivity contribution in [2.24, 2.45) is 5.73 Å². The number of hydrogen-bond donors (Lipinski definition) is 1. The van der Waals surface area contributed by atoms with Crippen molar-refractivity contribution in [2.75, 3.05) is 13.2 Å². The number of ether oxygens (including phenoxy) is 1. The van der Waals surface area contributed by atoms with E-state index in [1.54, 1.807) is 4.90 Å². The van der Waals surface area contributed by atoms with Gasteiger partial charge in [0, 0.05) is 18.1 Å². The average Bonchev–Trinajstić information content (AvgIpc) is 2.49. The summed E-state index contributed by atoms with van der Waals surface area (Å²) in [6.45, 7) is -1.87. The predicted octanol–water partition coefficient (Wildman–Crippen LogP) is 1.05. The molecular formula is C11H17F3N2O2. The fourth-order valence-corrected chi connectivity index (χ4v) is 2.95. The molecule has 2 N–H and O–H groups in total. The highest BCUT2D eigenvalue weighted by molar-refractivity contribution is 5.78. The zero-order chi connectivity index (χ0) is 13.3. The van der Waals surface area contributed by atoms with E-state index in [0.717, 1.165) is 25.7 Å². The topological polar surface area (TPSA) is 55.6 Å². The van der Waals surface area contributed by atoms with Crippen LogP contribution in [0.5, 0.6) is 0 Å². The molecule has 0 radical (unpaired) electrons. The van der Waals surface area contributed by atoms with Gasteiger partial charge in [0.15, 0.2) is 0 Å². The molecule has 0 aromatic heterocycles. The largest absolute Gasteiger partial charge is 0.411 e. The van der Waals surface area contributed by atoms with Crippen molar-refractivity contribution < 1.29 is 22.7 Å². The standard InChI is InChI=1S/C11H17F3N2O2/c12-11(13,14)6-18-5-10(17)16-8-1-2-9(16)4-7(15)3-8/h7-9H,1-6,15H2. The second kappa shape index (κ2) is 5.05. The molecule has 2 saturated heterocycles. The van der Waals surface area contributed by atoms with Gasteiger partial charge in [0.1, 0.15) is 13.2 Å². The van der Waals surface area contributed by atoms with Gasteiger partial charge in [-0.2, -0.15) is 13.2 Å². The lowest BCUT2D eigenvalue weighted by Gasteiger charge is -2.37. The van der Waals surface area contributed by atoms with Gasteiger partial charge in [-0.05, 0) is 25.7 Å². The number of nitrogens with two attached hydrogens (primary N) is 1. The number of hydrogen-bond acceptors (Lipinski definition) is 3. The molecule has 4 nitrogen and oxygen atoms in total. The monoisotopic (exact) mass is 266 g/mol. The number of piperidine rings is 1. The lowest BCUT2D eigenvalue weighted by molar-refractivity contribution is -0.178. The summed E-state index contributed by atoms with van der Waals surface area (Å²) in [6.07, 6.45) is -1.13. The highest BCUT2D eigenvalue weighted by atomic mass is 19.4. The van der Waals surface area contributed by atoms with Crippen LogP contribution in [0.4, 0.5) is 13.2 Å². The predicted molar refractivity (Wildman–Crippen MR) is 57.7 cm³/mol. The van der Waals surface area contributed by atoms with Crippen LogP contribution in [0.2, 0.25) is 0 Å². The third-order valence-electron chi connectivity index (χ3n) is 3.55. The van der Waals surface area contributed by atoms with Gasteiger partial charge in [-0.25, -0.2) is 0 Å². The normalized spacial score (nSPS) is 31.8. The first kappa shape index (κ1) is 13.6. The Labute approximate surface area is 103 Å². The summed E-state index contributed by atoms with van der Waals surface area (Å²) in [5.41, 5.74) is 5.86. The Morgan fingerprint density at radius 1 is 1.28 bits per heavy atom. The van der Waals surface area contributed by atoms with Gasteiger partial charge in [0.2, 0.25) is 5.91 Å². The molecular weight excluding hydrogens is 249 g/mol. The number of alkyl halides is 3. The Morgan fingerprint density at radius 2 is 1.83 bits per heavy atom. The molecule has 2 fully saturated rings. The van der Waals surface area contributed by atoms with Crippen LogP contribution in [0.1, 0.15) is 25.7 Å². The Hall–Kier alpha value is -0.820. The maximum Gasteiger partial charge on any atom is 0.411 e. The van der Waals surface area contributed by atoms with E-state index in [9.17, 15) is 18.0 Å². The fourth-order valence-electron chi connectivity index (χ4n) is 2.95. The van der Waals surface area contributed by atoms with E-state index in [0.29, 0.717) is 0 Å². The van der Waals surface area contributed by atoms with Crippen molar-refractivity contribution in [1.29, 1.82) is 0 Å². The van der Waals surface area contributed by atoms with Crippen molar-refractivity contribution in [3.05, 3.63) is 0 Å².